The standard InChI is InChI=1S/C12H28O4SSi/c1-11(9-8-10-15-17(5,13)14)16-18(6,7)12(2,3)4/h11H,8-10H2,1-7H3/t11-/m1/s1. The van der Waals surface area contributed by atoms with Gasteiger partial charge in [-0.15, -0.1) is 0 Å². The summed E-state index contributed by atoms with van der Waals surface area (Å²) in [6.07, 6.45) is 2.74. The quantitative estimate of drug-likeness (QED) is 0.411. The molecule has 0 aromatic heterocycles. The predicted molar refractivity (Wildman–Crippen MR) is 77.8 cm³/mol. The Morgan fingerprint density at radius 3 is 2.11 bits per heavy atom. The second-order valence-corrected chi connectivity index (χ2v) is 12.8. The van der Waals surface area contributed by atoms with E-state index in [9.17, 15) is 8.42 Å². The molecule has 0 heterocycles. The Morgan fingerprint density at radius 2 is 1.72 bits per heavy atom. The number of hydrogen-bond acceptors (Lipinski definition) is 4. The zero-order valence-electron chi connectivity index (χ0n) is 12.7. The lowest BCUT2D eigenvalue weighted by atomic mass is 10.2. The smallest absolute Gasteiger partial charge is 0.264 e. The maximum absolute atomic E-state index is 10.8. The van der Waals surface area contributed by atoms with Gasteiger partial charge in [0.25, 0.3) is 10.1 Å². The van der Waals surface area contributed by atoms with Crippen LogP contribution in [0.3, 0.4) is 0 Å². The zero-order valence-corrected chi connectivity index (χ0v) is 14.6. The van der Waals surface area contributed by atoms with Gasteiger partial charge in [0.05, 0.1) is 12.9 Å². The van der Waals surface area contributed by atoms with Crippen molar-refractivity contribution < 1.29 is 17.0 Å². The minimum Gasteiger partial charge on any atom is -0.414 e. The van der Waals surface area contributed by atoms with Crippen molar-refractivity contribution in [3.05, 3.63) is 0 Å². The van der Waals surface area contributed by atoms with Gasteiger partial charge in [0.2, 0.25) is 0 Å². The summed E-state index contributed by atoms with van der Waals surface area (Å²) in [5.41, 5.74) is 0. The van der Waals surface area contributed by atoms with Gasteiger partial charge in [-0.2, -0.15) is 8.42 Å². The molecular formula is C12H28O4SSi. The Balaban J connectivity index is 4.03. The Labute approximate surface area is 113 Å². The topological polar surface area (TPSA) is 52.6 Å². The van der Waals surface area contributed by atoms with Crippen LogP contribution >= 0.6 is 0 Å². The first-order chi connectivity index (χ1) is 7.85. The van der Waals surface area contributed by atoms with E-state index in [-0.39, 0.29) is 17.7 Å². The van der Waals surface area contributed by atoms with E-state index in [1.54, 1.807) is 0 Å². The van der Waals surface area contributed by atoms with Gasteiger partial charge in [-0.1, -0.05) is 20.8 Å². The van der Waals surface area contributed by atoms with Crippen LogP contribution in [0.15, 0.2) is 0 Å². The van der Waals surface area contributed by atoms with Gasteiger partial charge in [-0.25, -0.2) is 0 Å². The molecule has 0 unspecified atom stereocenters. The molecule has 0 aromatic carbocycles. The highest BCUT2D eigenvalue weighted by Gasteiger charge is 2.38. The molecular weight excluding hydrogens is 268 g/mol. The van der Waals surface area contributed by atoms with E-state index in [1.807, 2.05) is 6.92 Å². The Hall–Kier alpha value is 0.0869. The highest BCUT2D eigenvalue weighted by molar-refractivity contribution is 7.85. The largest absolute Gasteiger partial charge is 0.414 e. The highest BCUT2D eigenvalue weighted by Crippen LogP contribution is 2.37. The number of hydrogen-bond donors (Lipinski definition) is 0. The average molecular weight is 297 g/mol. The average Bonchev–Trinajstić information content (AvgIpc) is 2.08. The molecule has 0 saturated carbocycles. The molecule has 0 aromatic rings. The van der Waals surface area contributed by atoms with Crippen LogP contribution < -0.4 is 0 Å². The second-order valence-electron chi connectivity index (χ2n) is 6.36. The minimum atomic E-state index is -3.31. The molecule has 0 bridgehead atoms. The molecule has 6 heteroatoms. The molecule has 0 saturated heterocycles. The van der Waals surface area contributed by atoms with Crippen molar-refractivity contribution in [1.29, 1.82) is 0 Å². The van der Waals surface area contributed by atoms with E-state index in [0.717, 1.165) is 12.7 Å². The van der Waals surface area contributed by atoms with Crippen LogP contribution in [-0.2, 0) is 18.7 Å². The van der Waals surface area contributed by atoms with Crippen molar-refractivity contribution in [2.75, 3.05) is 12.9 Å². The van der Waals surface area contributed by atoms with Crippen LogP contribution in [0.25, 0.3) is 0 Å². The summed E-state index contributed by atoms with van der Waals surface area (Å²) in [5, 5.41) is 0.199. The first kappa shape index (κ1) is 18.1. The third kappa shape index (κ3) is 7.51. The molecule has 0 N–H and O–H groups in total. The molecule has 18 heavy (non-hydrogen) atoms. The maximum atomic E-state index is 10.8. The molecule has 4 nitrogen and oxygen atoms in total. The Morgan fingerprint density at radius 1 is 1.22 bits per heavy atom. The number of rotatable bonds is 7. The molecule has 0 aliphatic rings. The Bertz CT molecular complexity index is 344. The van der Waals surface area contributed by atoms with E-state index in [2.05, 4.69) is 33.9 Å². The molecule has 110 valence electrons. The van der Waals surface area contributed by atoms with E-state index in [0.29, 0.717) is 6.42 Å². The van der Waals surface area contributed by atoms with E-state index in [4.69, 9.17) is 8.61 Å². The molecule has 0 amide bonds. The summed E-state index contributed by atoms with van der Waals surface area (Å²) in [4.78, 5) is 0. The van der Waals surface area contributed by atoms with Crippen molar-refractivity contribution in [1.82, 2.24) is 0 Å². The van der Waals surface area contributed by atoms with Crippen LogP contribution in [0.2, 0.25) is 18.1 Å². The third-order valence-corrected chi connectivity index (χ3v) is 8.55. The molecule has 0 aliphatic carbocycles. The van der Waals surface area contributed by atoms with Gasteiger partial charge < -0.3 is 4.43 Å². The first-order valence-corrected chi connectivity index (χ1v) is 11.1. The summed E-state index contributed by atoms with van der Waals surface area (Å²) >= 11 is 0. The molecule has 1 atom stereocenters. The van der Waals surface area contributed by atoms with Gasteiger partial charge in [0.15, 0.2) is 8.32 Å². The van der Waals surface area contributed by atoms with Gasteiger partial charge in [-0.05, 0) is 37.9 Å². The van der Waals surface area contributed by atoms with Gasteiger partial charge in [0, 0.05) is 6.10 Å². The van der Waals surface area contributed by atoms with Crippen molar-refractivity contribution in [2.45, 2.75) is 64.8 Å². The van der Waals surface area contributed by atoms with Gasteiger partial charge >= 0.3 is 0 Å². The van der Waals surface area contributed by atoms with Crippen LogP contribution in [0, 0.1) is 0 Å². The van der Waals surface area contributed by atoms with Crippen LogP contribution in [0.1, 0.15) is 40.5 Å². The van der Waals surface area contributed by atoms with Crippen LogP contribution in [-0.4, -0.2) is 35.7 Å². The van der Waals surface area contributed by atoms with Crippen molar-refractivity contribution >= 4 is 18.4 Å². The van der Waals surface area contributed by atoms with E-state index in [1.165, 1.54) is 0 Å². The van der Waals surface area contributed by atoms with Gasteiger partial charge in [0.1, 0.15) is 0 Å². The van der Waals surface area contributed by atoms with Gasteiger partial charge in [-0.3, -0.25) is 4.18 Å². The second kappa shape index (κ2) is 6.50. The fourth-order valence-corrected chi connectivity index (χ4v) is 3.22. The summed E-state index contributed by atoms with van der Waals surface area (Å²) in [6.45, 7) is 13.3. The van der Waals surface area contributed by atoms with Crippen molar-refractivity contribution in [3.63, 3.8) is 0 Å². The molecule has 0 aliphatic heterocycles. The normalized spacial score (nSPS) is 15.7. The fraction of sp³-hybridized carbons (Fsp3) is 1.00. The predicted octanol–water partition coefficient (Wildman–Crippen LogP) is 3.15. The monoisotopic (exact) mass is 296 g/mol. The minimum absolute atomic E-state index is 0.147. The highest BCUT2D eigenvalue weighted by atomic mass is 32.2. The van der Waals surface area contributed by atoms with Crippen molar-refractivity contribution in [3.8, 4) is 0 Å². The summed E-state index contributed by atoms with van der Waals surface area (Å²) < 4.78 is 32.5. The van der Waals surface area contributed by atoms with E-state index >= 15 is 0 Å². The molecule has 0 rings (SSSR count). The first-order valence-electron chi connectivity index (χ1n) is 6.37. The lowest BCUT2D eigenvalue weighted by Crippen LogP contribution is -2.43. The Kier molecular flexibility index (Phi) is 6.53. The molecule has 0 radical (unpaired) electrons. The van der Waals surface area contributed by atoms with Crippen LogP contribution in [0.5, 0.6) is 0 Å². The zero-order chi connectivity index (χ0) is 14.6. The third-order valence-electron chi connectivity index (χ3n) is 3.35. The SMILES string of the molecule is C[C@H](CCCOS(C)(=O)=O)O[Si](C)(C)C(C)(C)C. The van der Waals surface area contributed by atoms with E-state index < -0.39 is 18.4 Å². The van der Waals surface area contributed by atoms with Crippen LogP contribution in [0.4, 0.5) is 0 Å². The lowest BCUT2D eigenvalue weighted by molar-refractivity contribution is 0.176. The lowest BCUT2D eigenvalue weighted by Gasteiger charge is -2.38. The molecule has 0 spiro atoms. The summed E-state index contributed by atoms with van der Waals surface area (Å²) in [7, 11) is -5.04. The molecule has 0 fully saturated rings. The fourth-order valence-electron chi connectivity index (χ4n) is 1.32. The van der Waals surface area contributed by atoms with Crippen molar-refractivity contribution in [2.24, 2.45) is 0 Å². The summed E-state index contributed by atoms with van der Waals surface area (Å²) in [5.74, 6) is 0. The maximum Gasteiger partial charge on any atom is 0.264 e. The summed E-state index contributed by atoms with van der Waals surface area (Å²) in [6, 6.07) is 0.